The Kier molecular flexibility index (Phi) is 5.52. The van der Waals surface area contributed by atoms with Crippen molar-refractivity contribution in [2.75, 3.05) is 5.73 Å². The Labute approximate surface area is 225 Å². The molecule has 0 amide bonds. The van der Waals surface area contributed by atoms with E-state index in [1.807, 2.05) is 42.6 Å². The van der Waals surface area contributed by atoms with E-state index in [2.05, 4.69) is 32.9 Å². The van der Waals surface area contributed by atoms with Crippen LogP contribution < -0.4 is 11.3 Å². The number of carbonyl (C=O) groups is 1. The molecule has 2 aromatic carbocycles. The molecule has 0 spiro atoms. The predicted molar refractivity (Wildman–Crippen MR) is 151 cm³/mol. The van der Waals surface area contributed by atoms with Gasteiger partial charge in [-0.2, -0.15) is 0 Å². The van der Waals surface area contributed by atoms with Gasteiger partial charge in [0.05, 0.1) is 40.4 Å². The lowest BCUT2D eigenvalue weighted by Gasteiger charge is -2.33. The summed E-state index contributed by atoms with van der Waals surface area (Å²) in [5.74, 6) is -0.802. The molecule has 0 bridgehead atoms. The van der Waals surface area contributed by atoms with Crippen molar-refractivity contribution in [1.29, 1.82) is 0 Å². The summed E-state index contributed by atoms with van der Waals surface area (Å²) in [7, 11) is 0. The van der Waals surface area contributed by atoms with Gasteiger partial charge < -0.3 is 20.1 Å². The van der Waals surface area contributed by atoms with Crippen LogP contribution in [0.25, 0.3) is 22.3 Å². The number of esters is 1. The van der Waals surface area contributed by atoms with E-state index in [9.17, 15) is 14.7 Å². The summed E-state index contributed by atoms with van der Waals surface area (Å²) in [6, 6.07) is 15.9. The van der Waals surface area contributed by atoms with Crippen LogP contribution in [-0.2, 0) is 33.7 Å². The number of rotatable bonds is 3. The van der Waals surface area contributed by atoms with Gasteiger partial charge in [-0.15, -0.1) is 0 Å². The highest BCUT2D eigenvalue weighted by Crippen LogP contribution is 2.44. The maximum Gasteiger partial charge on any atom is 0.343 e. The summed E-state index contributed by atoms with van der Waals surface area (Å²) in [6.45, 7) is 8.17. The standard InChI is InChI=1S/C31H30N4O4/c1-5-31(38)24-22(16-39-29(31)37)28(36)35-15-21-20(14-33-18-12-10-17(11-13-18)30(2,3)4)19-8-6-7-9-23(19)34-26(21)27(35)25(24)32/h6-14,38H,5,15-16,32H2,1-4H3/b33-14+/t31-/m0/s1. The molecule has 0 saturated heterocycles. The number of pyridine rings is 2. The summed E-state index contributed by atoms with van der Waals surface area (Å²) in [5.41, 5.74) is 10.2. The number of para-hydroxylation sites is 1. The van der Waals surface area contributed by atoms with Gasteiger partial charge in [-0.3, -0.25) is 9.79 Å². The van der Waals surface area contributed by atoms with Crippen LogP contribution in [0.4, 0.5) is 11.4 Å². The fraction of sp³-hybridized carbons (Fsp3) is 0.290. The number of benzene rings is 2. The number of aliphatic hydroxyl groups is 1. The van der Waals surface area contributed by atoms with Crippen molar-refractivity contribution in [3.8, 4) is 11.4 Å². The fourth-order valence-electron chi connectivity index (χ4n) is 5.62. The van der Waals surface area contributed by atoms with Crippen LogP contribution in [0, 0.1) is 0 Å². The topological polar surface area (TPSA) is 120 Å². The monoisotopic (exact) mass is 522 g/mol. The second-order valence-electron chi connectivity index (χ2n) is 11.2. The Hall–Kier alpha value is -4.30. The molecule has 0 saturated carbocycles. The molecule has 2 aliphatic rings. The van der Waals surface area contributed by atoms with Gasteiger partial charge >= 0.3 is 5.97 Å². The lowest BCUT2D eigenvalue weighted by atomic mass is 9.84. The number of nitrogen functional groups attached to an aromatic ring is 1. The average molecular weight is 523 g/mol. The van der Waals surface area contributed by atoms with E-state index in [1.54, 1.807) is 11.5 Å². The number of fused-ring (bicyclic) bond motifs is 5. The zero-order valence-electron chi connectivity index (χ0n) is 22.4. The van der Waals surface area contributed by atoms with E-state index in [4.69, 9.17) is 20.4 Å². The van der Waals surface area contributed by atoms with Crippen LogP contribution in [0.5, 0.6) is 0 Å². The molecule has 8 heteroatoms. The van der Waals surface area contributed by atoms with Crippen LogP contribution in [-0.4, -0.2) is 26.8 Å². The number of aromatic nitrogens is 2. The van der Waals surface area contributed by atoms with E-state index in [0.29, 0.717) is 11.4 Å². The highest BCUT2D eigenvalue weighted by Gasteiger charge is 2.47. The smallest absolute Gasteiger partial charge is 0.343 e. The Morgan fingerprint density at radius 1 is 1.13 bits per heavy atom. The quantitative estimate of drug-likeness (QED) is 0.262. The van der Waals surface area contributed by atoms with Crippen LogP contribution in [0.3, 0.4) is 0 Å². The van der Waals surface area contributed by atoms with Gasteiger partial charge in [0, 0.05) is 28.3 Å². The first-order valence-corrected chi connectivity index (χ1v) is 13.1. The van der Waals surface area contributed by atoms with Crippen molar-refractivity contribution in [3.63, 3.8) is 0 Å². The van der Waals surface area contributed by atoms with E-state index in [1.165, 1.54) is 5.56 Å². The zero-order chi connectivity index (χ0) is 27.7. The molecule has 4 heterocycles. The number of nitrogens with zero attached hydrogens (tertiary/aromatic N) is 3. The van der Waals surface area contributed by atoms with Crippen LogP contribution in [0.15, 0.2) is 58.3 Å². The number of nitrogens with two attached hydrogens (primary N) is 1. The average Bonchev–Trinajstić information content (AvgIpc) is 3.30. The van der Waals surface area contributed by atoms with E-state index >= 15 is 0 Å². The molecule has 6 rings (SSSR count). The zero-order valence-corrected chi connectivity index (χ0v) is 22.4. The molecule has 3 N–H and O–H groups in total. The molecule has 0 aliphatic carbocycles. The van der Waals surface area contributed by atoms with Crippen molar-refractivity contribution in [3.05, 3.63) is 86.7 Å². The molecule has 0 fully saturated rings. The molecule has 0 radical (unpaired) electrons. The molecular weight excluding hydrogens is 492 g/mol. The third-order valence-electron chi connectivity index (χ3n) is 7.86. The molecule has 1 atom stereocenters. The van der Waals surface area contributed by atoms with Gasteiger partial charge in [0.1, 0.15) is 6.61 Å². The first-order valence-electron chi connectivity index (χ1n) is 13.1. The van der Waals surface area contributed by atoms with E-state index in [-0.39, 0.29) is 47.4 Å². The van der Waals surface area contributed by atoms with Gasteiger partial charge in [-0.1, -0.05) is 58.0 Å². The highest BCUT2D eigenvalue weighted by molar-refractivity contribution is 6.04. The molecule has 2 aliphatic heterocycles. The molecule has 4 aromatic rings. The summed E-state index contributed by atoms with van der Waals surface area (Å²) in [6.07, 6.45) is 1.84. The summed E-state index contributed by atoms with van der Waals surface area (Å²) < 4.78 is 6.76. The first kappa shape index (κ1) is 25.0. The van der Waals surface area contributed by atoms with Crippen LogP contribution in [0.2, 0.25) is 0 Å². The number of carbonyl (C=O) groups excluding carboxylic acids is 1. The normalized spacial score (nSPS) is 18.2. The Morgan fingerprint density at radius 2 is 1.85 bits per heavy atom. The van der Waals surface area contributed by atoms with Gasteiger partial charge in [0.15, 0.2) is 5.60 Å². The minimum Gasteiger partial charge on any atom is -0.458 e. The van der Waals surface area contributed by atoms with Crippen molar-refractivity contribution in [2.45, 2.75) is 58.3 Å². The van der Waals surface area contributed by atoms with Crippen molar-refractivity contribution in [2.24, 2.45) is 4.99 Å². The minimum atomic E-state index is -1.99. The first-order chi connectivity index (χ1) is 18.5. The molecule has 39 heavy (non-hydrogen) atoms. The Balaban J connectivity index is 1.56. The molecule has 0 unspecified atom stereocenters. The number of hydrogen-bond acceptors (Lipinski definition) is 7. The largest absolute Gasteiger partial charge is 0.458 e. The number of cyclic esters (lactones) is 1. The van der Waals surface area contributed by atoms with E-state index in [0.717, 1.165) is 27.7 Å². The fourth-order valence-corrected chi connectivity index (χ4v) is 5.62. The van der Waals surface area contributed by atoms with Crippen molar-refractivity contribution >= 4 is 34.5 Å². The summed E-state index contributed by atoms with van der Waals surface area (Å²) in [4.78, 5) is 35.9. The lowest BCUT2D eigenvalue weighted by Crippen LogP contribution is -2.45. The summed E-state index contributed by atoms with van der Waals surface area (Å²) >= 11 is 0. The predicted octanol–water partition coefficient (Wildman–Crippen LogP) is 4.71. The second-order valence-corrected chi connectivity index (χ2v) is 11.2. The van der Waals surface area contributed by atoms with Crippen molar-refractivity contribution < 1.29 is 14.6 Å². The SMILES string of the molecule is CC[C@@]1(O)C(=O)OCc2c1c(N)c1n(c2=O)Cc2c-1nc1ccccc1c2/C=N/c1ccc(C(C)(C)C)cc1. The third-order valence-corrected chi connectivity index (χ3v) is 7.86. The van der Waals surface area contributed by atoms with E-state index < -0.39 is 11.6 Å². The van der Waals surface area contributed by atoms with Gasteiger partial charge in [-0.05, 0) is 35.6 Å². The second kappa shape index (κ2) is 8.61. The number of hydrogen-bond donors (Lipinski definition) is 2. The maximum absolute atomic E-state index is 13.7. The van der Waals surface area contributed by atoms with Gasteiger partial charge in [0.25, 0.3) is 5.56 Å². The Bertz CT molecular complexity index is 1760. The molecule has 2 aromatic heterocycles. The number of aliphatic imine (C=N–C) groups is 1. The van der Waals surface area contributed by atoms with Gasteiger partial charge in [0.2, 0.25) is 0 Å². The van der Waals surface area contributed by atoms with Crippen molar-refractivity contribution in [1.82, 2.24) is 9.55 Å². The van der Waals surface area contributed by atoms with Gasteiger partial charge in [-0.25, -0.2) is 9.78 Å². The highest BCUT2D eigenvalue weighted by atomic mass is 16.6. The summed E-state index contributed by atoms with van der Waals surface area (Å²) in [5, 5.41) is 12.1. The maximum atomic E-state index is 13.7. The number of ether oxygens (including phenoxy) is 1. The number of anilines is 1. The molecule has 198 valence electrons. The molecular formula is C31H30N4O4. The van der Waals surface area contributed by atoms with Crippen LogP contribution in [0.1, 0.15) is 61.9 Å². The van der Waals surface area contributed by atoms with Crippen LogP contribution >= 0.6 is 0 Å². The molecule has 8 nitrogen and oxygen atoms in total. The third kappa shape index (κ3) is 3.70. The lowest BCUT2D eigenvalue weighted by molar-refractivity contribution is -0.172. The minimum absolute atomic E-state index is 0.0237. The Morgan fingerprint density at radius 3 is 2.54 bits per heavy atom.